The number of rotatable bonds is 9. The average Bonchev–Trinajstić information content (AvgIpc) is 2.72. The fraction of sp³-hybridized carbons (Fsp3) is 0.273. The van der Waals surface area contributed by atoms with Crippen LogP contribution in [0.5, 0.6) is 0 Å². The maximum atomic E-state index is 10.4. The Hall–Kier alpha value is -2.64. The topological polar surface area (TPSA) is 110 Å². The minimum absolute atomic E-state index is 0.0407. The molecule has 6 heteroatoms. The molecule has 0 aliphatic carbocycles. The van der Waals surface area contributed by atoms with Crippen molar-refractivity contribution >= 4 is 12.2 Å². The predicted octanol–water partition coefficient (Wildman–Crippen LogP) is 2.11. The minimum atomic E-state index is -1.84. The fourth-order valence-corrected chi connectivity index (χ4v) is 2.61. The third-order valence-corrected chi connectivity index (χ3v) is 4.13. The van der Waals surface area contributed by atoms with Crippen molar-refractivity contribution in [1.29, 1.82) is 0 Å². The van der Waals surface area contributed by atoms with E-state index in [9.17, 15) is 25.5 Å². The van der Waals surface area contributed by atoms with Crippen LogP contribution in [0, 0.1) is 0 Å². The van der Waals surface area contributed by atoms with E-state index in [0.717, 1.165) is 5.56 Å². The van der Waals surface area contributed by atoms with Crippen LogP contribution >= 0.6 is 0 Å². The molecule has 0 unspecified atom stereocenters. The van der Waals surface area contributed by atoms with E-state index in [1.54, 1.807) is 49.4 Å². The highest BCUT2D eigenvalue weighted by Gasteiger charge is 2.35. The van der Waals surface area contributed by atoms with Gasteiger partial charge in [0.25, 0.3) is 0 Å². The van der Waals surface area contributed by atoms with Crippen LogP contribution in [-0.4, -0.2) is 56.6 Å². The summed E-state index contributed by atoms with van der Waals surface area (Å²) < 4.78 is 5.40. The van der Waals surface area contributed by atoms with Gasteiger partial charge in [0.1, 0.15) is 35.9 Å². The van der Waals surface area contributed by atoms with Crippen molar-refractivity contribution in [2.24, 2.45) is 0 Å². The number of aliphatic hydroxyl groups excluding tert-OH is 5. The second kappa shape index (κ2) is 10.6. The van der Waals surface area contributed by atoms with Crippen LogP contribution in [-0.2, 0) is 4.74 Å². The molecule has 2 aromatic rings. The Labute approximate surface area is 164 Å². The molecule has 0 heterocycles. The second-order valence-electron chi connectivity index (χ2n) is 6.24. The lowest BCUT2D eigenvalue weighted by Gasteiger charge is -2.27. The van der Waals surface area contributed by atoms with E-state index < -0.39 is 30.2 Å². The highest BCUT2D eigenvalue weighted by Crippen LogP contribution is 2.20. The lowest BCUT2D eigenvalue weighted by atomic mass is 9.98. The van der Waals surface area contributed by atoms with Crippen LogP contribution in [0.4, 0.5) is 0 Å². The number of hydrogen-bond acceptors (Lipinski definition) is 6. The first-order chi connectivity index (χ1) is 13.4. The Morgan fingerprint density at radius 3 is 1.75 bits per heavy atom. The monoisotopic (exact) mass is 386 g/mol. The van der Waals surface area contributed by atoms with Gasteiger partial charge in [-0.25, -0.2) is 0 Å². The quantitative estimate of drug-likeness (QED) is 0.422. The van der Waals surface area contributed by atoms with Gasteiger partial charge in [-0.2, -0.15) is 0 Å². The molecule has 5 N–H and O–H groups in total. The SMILES string of the molecule is CCOC(=Cc1ccccc1)[C@H](O)[C@@H](O)[C@H](O)[C@H](O)C(O)=Cc1ccccc1. The fourth-order valence-electron chi connectivity index (χ4n) is 2.61. The van der Waals surface area contributed by atoms with E-state index in [2.05, 4.69) is 0 Å². The summed E-state index contributed by atoms with van der Waals surface area (Å²) in [5.74, 6) is -0.492. The molecule has 0 saturated carbocycles. The molecule has 4 atom stereocenters. The van der Waals surface area contributed by atoms with Crippen LogP contribution in [0.1, 0.15) is 18.1 Å². The Kier molecular flexibility index (Phi) is 8.22. The van der Waals surface area contributed by atoms with Crippen molar-refractivity contribution in [3.63, 3.8) is 0 Å². The van der Waals surface area contributed by atoms with Crippen molar-refractivity contribution in [3.05, 3.63) is 83.3 Å². The van der Waals surface area contributed by atoms with E-state index in [1.807, 2.05) is 18.2 Å². The van der Waals surface area contributed by atoms with Gasteiger partial charge in [-0.1, -0.05) is 60.7 Å². The van der Waals surface area contributed by atoms with Gasteiger partial charge in [-0.3, -0.25) is 0 Å². The van der Waals surface area contributed by atoms with Gasteiger partial charge >= 0.3 is 0 Å². The molecule has 0 bridgehead atoms. The molecule has 0 aliphatic heterocycles. The van der Waals surface area contributed by atoms with Gasteiger partial charge in [0.15, 0.2) is 0 Å². The van der Waals surface area contributed by atoms with E-state index in [0.29, 0.717) is 5.56 Å². The lowest BCUT2D eigenvalue weighted by Crippen LogP contribution is -2.46. The Morgan fingerprint density at radius 1 is 0.786 bits per heavy atom. The average molecular weight is 386 g/mol. The van der Waals surface area contributed by atoms with Gasteiger partial charge < -0.3 is 30.3 Å². The molecule has 150 valence electrons. The molecular formula is C22H26O6. The van der Waals surface area contributed by atoms with Crippen LogP contribution in [0.15, 0.2) is 72.2 Å². The maximum Gasteiger partial charge on any atom is 0.139 e. The molecule has 0 radical (unpaired) electrons. The summed E-state index contributed by atoms with van der Waals surface area (Å²) in [6.45, 7) is 1.96. The van der Waals surface area contributed by atoms with E-state index >= 15 is 0 Å². The lowest BCUT2D eigenvalue weighted by molar-refractivity contribution is -0.103. The Bertz CT molecular complexity index is 772. The van der Waals surface area contributed by atoms with Crippen molar-refractivity contribution in [1.82, 2.24) is 0 Å². The summed E-state index contributed by atoms with van der Waals surface area (Å²) >= 11 is 0. The standard InChI is InChI=1S/C22H26O6/c1-2-28-18(14-16-11-7-4-8-12-16)20(25)22(27)21(26)19(24)17(23)13-15-9-5-3-6-10-15/h3-14,19-27H,2H2,1H3/t19-,20+,21-,22-/m1/s1. The normalized spacial score (nSPS) is 16.9. The zero-order chi connectivity index (χ0) is 20.5. The molecule has 0 aliphatic rings. The summed E-state index contributed by atoms with van der Waals surface area (Å²) in [5.41, 5.74) is 1.35. The number of aliphatic hydroxyl groups is 5. The summed E-state index contributed by atoms with van der Waals surface area (Å²) in [5, 5.41) is 51.2. The number of ether oxygens (including phenoxy) is 1. The van der Waals surface area contributed by atoms with E-state index in [-0.39, 0.29) is 12.4 Å². The summed E-state index contributed by atoms with van der Waals surface area (Å²) in [6, 6.07) is 17.8. The van der Waals surface area contributed by atoms with Gasteiger partial charge in [0.05, 0.1) is 6.61 Å². The molecule has 0 saturated heterocycles. The molecule has 0 fully saturated rings. The van der Waals surface area contributed by atoms with Gasteiger partial charge in [0.2, 0.25) is 0 Å². The molecule has 2 rings (SSSR count). The van der Waals surface area contributed by atoms with Crippen LogP contribution in [0.3, 0.4) is 0 Å². The second-order valence-corrected chi connectivity index (χ2v) is 6.24. The summed E-state index contributed by atoms with van der Waals surface area (Å²) in [4.78, 5) is 0. The Balaban J connectivity index is 2.15. The molecular weight excluding hydrogens is 360 g/mol. The third-order valence-electron chi connectivity index (χ3n) is 4.13. The van der Waals surface area contributed by atoms with E-state index in [4.69, 9.17) is 4.74 Å². The van der Waals surface area contributed by atoms with Crippen LogP contribution in [0.2, 0.25) is 0 Å². The highest BCUT2D eigenvalue weighted by atomic mass is 16.5. The number of benzene rings is 2. The Morgan fingerprint density at radius 2 is 1.25 bits per heavy atom. The zero-order valence-corrected chi connectivity index (χ0v) is 15.6. The molecule has 0 spiro atoms. The first kappa shape index (κ1) is 21.7. The largest absolute Gasteiger partial charge is 0.509 e. The first-order valence-corrected chi connectivity index (χ1v) is 9.01. The van der Waals surface area contributed by atoms with Crippen molar-refractivity contribution < 1.29 is 30.3 Å². The third kappa shape index (κ3) is 5.94. The van der Waals surface area contributed by atoms with Crippen LogP contribution < -0.4 is 0 Å². The van der Waals surface area contributed by atoms with Gasteiger partial charge in [0, 0.05) is 0 Å². The van der Waals surface area contributed by atoms with Gasteiger partial charge in [-0.15, -0.1) is 0 Å². The van der Waals surface area contributed by atoms with Crippen molar-refractivity contribution in [2.45, 2.75) is 31.3 Å². The predicted molar refractivity (Wildman–Crippen MR) is 107 cm³/mol. The maximum absolute atomic E-state index is 10.4. The highest BCUT2D eigenvalue weighted by molar-refractivity contribution is 5.53. The summed E-state index contributed by atoms with van der Waals surface area (Å²) in [6.07, 6.45) is -4.21. The van der Waals surface area contributed by atoms with Gasteiger partial charge in [-0.05, 0) is 30.2 Å². The van der Waals surface area contributed by atoms with Crippen molar-refractivity contribution in [3.8, 4) is 0 Å². The first-order valence-electron chi connectivity index (χ1n) is 9.01. The van der Waals surface area contributed by atoms with Crippen LogP contribution in [0.25, 0.3) is 12.2 Å². The number of hydrogen-bond donors (Lipinski definition) is 5. The minimum Gasteiger partial charge on any atom is -0.509 e. The molecule has 28 heavy (non-hydrogen) atoms. The smallest absolute Gasteiger partial charge is 0.139 e. The zero-order valence-electron chi connectivity index (χ0n) is 15.6. The molecule has 2 aromatic carbocycles. The molecule has 0 aromatic heterocycles. The molecule has 0 amide bonds. The summed E-state index contributed by atoms with van der Waals surface area (Å²) in [7, 11) is 0. The van der Waals surface area contributed by atoms with Crippen molar-refractivity contribution in [2.75, 3.05) is 6.61 Å². The van der Waals surface area contributed by atoms with E-state index in [1.165, 1.54) is 12.2 Å². The molecule has 6 nitrogen and oxygen atoms in total.